The van der Waals surface area contributed by atoms with Gasteiger partial charge in [-0.25, -0.2) is 14.5 Å². The van der Waals surface area contributed by atoms with Crippen LogP contribution in [-0.4, -0.2) is 31.1 Å². The van der Waals surface area contributed by atoms with Crippen molar-refractivity contribution in [1.82, 2.24) is 24.8 Å². The minimum absolute atomic E-state index is 0.281. The molecule has 0 amide bonds. The monoisotopic (exact) mass is 300 g/mol. The SMILES string of the molecule is Fc1ccccc1/C=N/n1c(-c2cnccn2)n[nH]c1=S. The molecule has 2 aromatic heterocycles. The van der Waals surface area contributed by atoms with Crippen LogP contribution in [0.15, 0.2) is 48.0 Å². The summed E-state index contributed by atoms with van der Waals surface area (Å²) < 4.78 is 15.2. The van der Waals surface area contributed by atoms with Crippen LogP contribution in [0.2, 0.25) is 0 Å². The molecule has 0 fully saturated rings. The van der Waals surface area contributed by atoms with Gasteiger partial charge in [0.2, 0.25) is 10.6 Å². The number of hydrogen-bond acceptors (Lipinski definition) is 5. The Morgan fingerprint density at radius 2 is 2.14 bits per heavy atom. The third-order valence-corrected chi connectivity index (χ3v) is 2.92. The van der Waals surface area contributed by atoms with Gasteiger partial charge in [0.15, 0.2) is 0 Å². The summed E-state index contributed by atoms with van der Waals surface area (Å²) in [6, 6.07) is 6.31. The van der Waals surface area contributed by atoms with E-state index in [1.54, 1.807) is 30.6 Å². The van der Waals surface area contributed by atoms with Gasteiger partial charge in [0.05, 0.1) is 12.4 Å². The zero-order chi connectivity index (χ0) is 14.7. The van der Waals surface area contributed by atoms with Crippen LogP contribution in [0.4, 0.5) is 4.39 Å². The predicted octanol–water partition coefficient (Wildman–Crippen LogP) is 2.42. The average Bonchev–Trinajstić information content (AvgIpc) is 2.88. The third kappa shape index (κ3) is 2.75. The molecule has 0 atom stereocenters. The zero-order valence-electron chi connectivity index (χ0n) is 10.6. The molecule has 0 unspecified atom stereocenters. The van der Waals surface area contributed by atoms with E-state index in [-0.39, 0.29) is 10.6 Å². The van der Waals surface area contributed by atoms with Crippen LogP contribution in [0.5, 0.6) is 0 Å². The standard InChI is InChI=1S/C13H9FN6S/c14-10-4-2-1-3-9(10)7-17-20-12(18-19-13(20)21)11-8-15-5-6-16-11/h1-8H,(H,19,21)/b17-7+. The molecule has 0 bridgehead atoms. The number of rotatable bonds is 3. The number of nitrogens with zero attached hydrogens (tertiary/aromatic N) is 5. The number of benzene rings is 1. The van der Waals surface area contributed by atoms with Gasteiger partial charge < -0.3 is 0 Å². The maximum absolute atomic E-state index is 13.6. The van der Waals surface area contributed by atoms with Crippen molar-refractivity contribution in [3.05, 3.63) is 59.0 Å². The maximum Gasteiger partial charge on any atom is 0.216 e. The minimum Gasteiger partial charge on any atom is -0.261 e. The molecule has 0 aliphatic rings. The Morgan fingerprint density at radius 1 is 1.29 bits per heavy atom. The minimum atomic E-state index is -0.364. The fourth-order valence-electron chi connectivity index (χ4n) is 1.68. The lowest BCUT2D eigenvalue weighted by Crippen LogP contribution is -1.97. The molecule has 0 saturated heterocycles. The fourth-order valence-corrected chi connectivity index (χ4v) is 1.86. The molecule has 0 saturated carbocycles. The molecule has 3 rings (SSSR count). The van der Waals surface area contributed by atoms with Crippen LogP contribution in [0.25, 0.3) is 11.5 Å². The Balaban J connectivity index is 2.02. The van der Waals surface area contributed by atoms with Crippen LogP contribution < -0.4 is 0 Å². The van der Waals surface area contributed by atoms with E-state index in [1.807, 2.05) is 0 Å². The van der Waals surface area contributed by atoms with Gasteiger partial charge in [0.25, 0.3) is 0 Å². The highest BCUT2D eigenvalue weighted by atomic mass is 32.1. The van der Waals surface area contributed by atoms with Gasteiger partial charge in [-0.05, 0) is 18.3 Å². The van der Waals surface area contributed by atoms with E-state index in [1.165, 1.54) is 23.2 Å². The Labute approximate surface area is 124 Å². The summed E-state index contributed by atoms with van der Waals surface area (Å²) in [4.78, 5) is 8.10. The molecular formula is C13H9FN6S. The van der Waals surface area contributed by atoms with Crippen LogP contribution in [0, 0.1) is 10.6 Å². The molecule has 104 valence electrons. The molecule has 3 aromatic rings. The van der Waals surface area contributed by atoms with Crippen molar-refractivity contribution in [2.75, 3.05) is 0 Å². The summed E-state index contributed by atoms with van der Waals surface area (Å²) in [5.74, 6) is 0.0398. The molecular weight excluding hydrogens is 291 g/mol. The first-order valence-corrected chi connectivity index (χ1v) is 6.39. The van der Waals surface area contributed by atoms with E-state index in [2.05, 4.69) is 25.3 Å². The van der Waals surface area contributed by atoms with Crippen LogP contribution >= 0.6 is 12.2 Å². The van der Waals surface area contributed by atoms with Crippen molar-refractivity contribution in [2.45, 2.75) is 0 Å². The molecule has 0 aliphatic carbocycles. The third-order valence-electron chi connectivity index (χ3n) is 2.66. The van der Waals surface area contributed by atoms with Crippen molar-refractivity contribution < 1.29 is 4.39 Å². The van der Waals surface area contributed by atoms with Gasteiger partial charge in [-0.2, -0.15) is 14.9 Å². The highest BCUT2D eigenvalue weighted by molar-refractivity contribution is 7.71. The molecule has 2 heterocycles. The van der Waals surface area contributed by atoms with Gasteiger partial charge in [-0.3, -0.25) is 4.98 Å². The molecule has 0 spiro atoms. The van der Waals surface area contributed by atoms with Crippen LogP contribution in [0.3, 0.4) is 0 Å². The van der Waals surface area contributed by atoms with E-state index in [4.69, 9.17) is 12.2 Å². The normalized spacial score (nSPS) is 11.1. The lowest BCUT2D eigenvalue weighted by Gasteiger charge is -1.99. The van der Waals surface area contributed by atoms with Gasteiger partial charge in [-0.1, -0.05) is 18.2 Å². The van der Waals surface area contributed by atoms with Gasteiger partial charge >= 0.3 is 0 Å². The lowest BCUT2D eigenvalue weighted by molar-refractivity contribution is 0.625. The number of nitrogens with one attached hydrogen (secondary N) is 1. The van der Waals surface area contributed by atoms with E-state index in [9.17, 15) is 4.39 Å². The summed E-state index contributed by atoms with van der Waals surface area (Å²) in [6.45, 7) is 0. The quantitative estimate of drug-likeness (QED) is 0.595. The highest BCUT2D eigenvalue weighted by Gasteiger charge is 2.09. The molecule has 6 nitrogen and oxygen atoms in total. The Morgan fingerprint density at radius 3 is 2.90 bits per heavy atom. The topological polar surface area (TPSA) is 71.8 Å². The molecule has 8 heteroatoms. The van der Waals surface area contributed by atoms with E-state index >= 15 is 0 Å². The first kappa shape index (κ1) is 13.3. The maximum atomic E-state index is 13.6. The first-order valence-electron chi connectivity index (χ1n) is 5.98. The lowest BCUT2D eigenvalue weighted by atomic mass is 10.2. The fraction of sp³-hybridized carbons (Fsp3) is 0. The second-order valence-corrected chi connectivity index (χ2v) is 4.41. The Bertz CT molecular complexity index is 839. The van der Waals surface area contributed by atoms with Crippen molar-refractivity contribution in [1.29, 1.82) is 0 Å². The number of hydrogen-bond donors (Lipinski definition) is 1. The Kier molecular flexibility index (Phi) is 3.61. The van der Waals surface area contributed by atoms with Crippen molar-refractivity contribution in [3.8, 4) is 11.5 Å². The molecule has 0 aliphatic heterocycles. The molecule has 0 radical (unpaired) electrons. The van der Waals surface area contributed by atoms with E-state index in [0.717, 1.165) is 0 Å². The van der Waals surface area contributed by atoms with Crippen LogP contribution in [-0.2, 0) is 0 Å². The second-order valence-electron chi connectivity index (χ2n) is 4.02. The predicted molar refractivity (Wildman–Crippen MR) is 77.8 cm³/mol. The summed E-state index contributed by atoms with van der Waals surface area (Å²) in [6.07, 6.45) is 6.01. The summed E-state index contributed by atoms with van der Waals surface area (Å²) in [5.41, 5.74) is 0.862. The van der Waals surface area contributed by atoms with Crippen molar-refractivity contribution >= 4 is 18.4 Å². The van der Waals surface area contributed by atoms with Crippen molar-refractivity contribution in [2.24, 2.45) is 5.10 Å². The summed E-state index contributed by atoms with van der Waals surface area (Å²) in [5, 5.41) is 10.8. The summed E-state index contributed by atoms with van der Waals surface area (Å²) in [7, 11) is 0. The smallest absolute Gasteiger partial charge is 0.216 e. The van der Waals surface area contributed by atoms with Crippen molar-refractivity contribution in [3.63, 3.8) is 0 Å². The van der Waals surface area contributed by atoms with Crippen LogP contribution in [0.1, 0.15) is 5.56 Å². The van der Waals surface area contributed by atoms with Gasteiger partial charge in [0, 0.05) is 18.0 Å². The van der Waals surface area contributed by atoms with Gasteiger partial charge in [0.1, 0.15) is 11.5 Å². The molecule has 1 aromatic carbocycles. The molecule has 21 heavy (non-hydrogen) atoms. The van der Waals surface area contributed by atoms with E-state index in [0.29, 0.717) is 17.1 Å². The van der Waals surface area contributed by atoms with Gasteiger partial charge in [-0.15, -0.1) is 0 Å². The zero-order valence-corrected chi connectivity index (χ0v) is 11.5. The number of aromatic nitrogens is 5. The summed E-state index contributed by atoms with van der Waals surface area (Å²) >= 11 is 5.11. The first-order chi connectivity index (χ1) is 10.3. The number of aromatic amines is 1. The molecule has 1 N–H and O–H groups in total. The number of halogens is 1. The van der Waals surface area contributed by atoms with E-state index < -0.39 is 0 Å². The average molecular weight is 300 g/mol. The number of H-pyrrole nitrogens is 1. The highest BCUT2D eigenvalue weighted by Crippen LogP contribution is 2.13. The second kappa shape index (κ2) is 5.71. The largest absolute Gasteiger partial charge is 0.261 e. The Hall–Kier alpha value is -2.74.